The third-order valence-corrected chi connectivity index (χ3v) is 5.83. The predicted molar refractivity (Wildman–Crippen MR) is 71.1 cm³/mol. The normalized spacial score (nSPS) is 42.0. The van der Waals surface area contributed by atoms with Gasteiger partial charge in [0, 0.05) is 25.7 Å². The number of hydrogen-bond acceptors (Lipinski definition) is 2. The van der Waals surface area contributed by atoms with Crippen LogP contribution in [0, 0.1) is 29.6 Å². The lowest BCUT2D eigenvalue weighted by molar-refractivity contribution is 0.374. The van der Waals surface area contributed by atoms with Crippen LogP contribution < -0.4 is 5.32 Å². The molecule has 3 aliphatic carbocycles. The minimum Gasteiger partial charge on any atom is -0.316 e. The molecule has 2 bridgehead atoms. The van der Waals surface area contributed by atoms with Crippen molar-refractivity contribution < 1.29 is 0 Å². The van der Waals surface area contributed by atoms with Crippen LogP contribution in [-0.4, -0.2) is 22.9 Å². The molecule has 0 saturated heterocycles. The smallest absolute Gasteiger partial charge is 0.0640 e. The fourth-order valence-electron chi connectivity index (χ4n) is 5.16. The molecule has 0 spiro atoms. The van der Waals surface area contributed by atoms with Gasteiger partial charge in [-0.3, -0.25) is 4.68 Å². The topological polar surface area (TPSA) is 29.9 Å². The van der Waals surface area contributed by atoms with E-state index in [9.17, 15) is 0 Å². The molecule has 4 rings (SSSR count). The summed E-state index contributed by atoms with van der Waals surface area (Å²) in [6.07, 6.45) is 7.74. The highest BCUT2D eigenvalue weighted by Gasteiger charge is 2.66. The minimum absolute atomic E-state index is 0.651. The van der Waals surface area contributed by atoms with Gasteiger partial charge in [0.05, 0.1) is 5.69 Å². The second-order valence-electron chi connectivity index (χ2n) is 6.65. The molecule has 3 aliphatic rings. The molecule has 0 aromatic carbocycles. The van der Waals surface area contributed by atoms with Crippen molar-refractivity contribution in [1.29, 1.82) is 0 Å². The van der Waals surface area contributed by atoms with Gasteiger partial charge in [0.2, 0.25) is 0 Å². The van der Waals surface area contributed by atoms with E-state index >= 15 is 0 Å². The summed E-state index contributed by atoms with van der Waals surface area (Å²) in [4.78, 5) is 0. The molecule has 5 unspecified atom stereocenters. The Balaban J connectivity index is 1.47. The zero-order chi connectivity index (χ0) is 12.3. The Kier molecular flexibility index (Phi) is 2.35. The molecule has 0 radical (unpaired) electrons. The summed E-state index contributed by atoms with van der Waals surface area (Å²) in [7, 11) is 4.13. The lowest BCUT2D eigenvalue weighted by Gasteiger charge is -2.19. The Bertz CT molecular complexity index is 436. The van der Waals surface area contributed by atoms with Crippen LogP contribution in [0.3, 0.4) is 0 Å². The van der Waals surface area contributed by atoms with Crippen LogP contribution in [0.1, 0.15) is 25.0 Å². The molecule has 18 heavy (non-hydrogen) atoms. The summed E-state index contributed by atoms with van der Waals surface area (Å²) in [6, 6.07) is 2.82. The van der Waals surface area contributed by atoms with E-state index in [0.29, 0.717) is 6.04 Å². The number of likely N-dealkylation sites (N-methyl/N-ethyl adjacent to an activating group) is 1. The first-order chi connectivity index (χ1) is 8.78. The SMILES string of the molecule is CNC(Cc1ccn(C)n1)C1C2C3CCC(C3)C21. The molecule has 1 aromatic rings. The summed E-state index contributed by atoms with van der Waals surface area (Å²) >= 11 is 0. The highest BCUT2D eigenvalue weighted by molar-refractivity contribution is 5.17. The second-order valence-corrected chi connectivity index (χ2v) is 6.65. The number of rotatable bonds is 4. The summed E-state index contributed by atoms with van der Waals surface area (Å²) in [5.41, 5.74) is 1.24. The van der Waals surface area contributed by atoms with E-state index in [1.807, 2.05) is 11.7 Å². The summed E-state index contributed by atoms with van der Waals surface area (Å²) in [5, 5.41) is 8.10. The second kappa shape index (κ2) is 3.83. The largest absolute Gasteiger partial charge is 0.316 e. The van der Waals surface area contributed by atoms with Gasteiger partial charge in [-0.15, -0.1) is 0 Å². The van der Waals surface area contributed by atoms with Crippen molar-refractivity contribution in [3.8, 4) is 0 Å². The molecule has 3 nitrogen and oxygen atoms in total. The van der Waals surface area contributed by atoms with Crippen LogP contribution >= 0.6 is 0 Å². The highest BCUT2D eigenvalue weighted by Crippen LogP contribution is 2.70. The number of fused-ring (bicyclic) bond motifs is 5. The summed E-state index contributed by atoms with van der Waals surface area (Å²) in [5.74, 6) is 5.22. The molecule has 98 valence electrons. The van der Waals surface area contributed by atoms with Crippen LogP contribution in [0.15, 0.2) is 12.3 Å². The molecule has 0 amide bonds. The fraction of sp³-hybridized carbons (Fsp3) is 0.800. The van der Waals surface area contributed by atoms with Crippen molar-refractivity contribution in [2.45, 2.75) is 31.7 Å². The Labute approximate surface area is 109 Å². The van der Waals surface area contributed by atoms with Gasteiger partial charge < -0.3 is 5.32 Å². The summed E-state index contributed by atoms with van der Waals surface area (Å²) in [6.45, 7) is 0. The maximum Gasteiger partial charge on any atom is 0.0640 e. The summed E-state index contributed by atoms with van der Waals surface area (Å²) < 4.78 is 1.92. The van der Waals surface area contributed by atoms with Crippen LogP contribution in [0.2, 0.25) is 0 Å². The van der Waals surface area contributed by atoms with Crippen molar-refractivity contribution in [3.05, 3.63) is 18.0 Å². The van der Waals surface area contributed by atoms with Crippen molar-refractivity contribution in [3.63, 3.8) is 0 Å². The van der Waals surface area contributed by atoms with Gasteiger partial charge in [0.25, 0.3) is 0 Å². The monoisotopic (exact) mass is 245 g/mol. The van der Waals surface area contributed by atoms with Gasteiger partial charge >= 0.3 is 0 Å². The van der Waals surface area contributed by atoms with Gasteiger partial charge in [0.15, 0.2) is 0 Å². The number of hydrogen-bond donors (Lipinski definition) is 1. The average molecular weight is 245 g/mol. The van der Waals surface area contributed by atoms with Crippen LogP contribution in [0.5, 0.6) is 0 Å². The Morgan fingerprint density at radius 1 is 1.39 bits per heavy atom. The maximum atomic E-state index is 4.53. The van der Waals surface area contributed by atoms with E-state index in [-0.39, 0.29) is 0 Å². The minimum atomic E-state index is 0.651. The van der Waals surface area contributed by atoms with E-state index in [4.69, 9.17) is 0 Å². The van der Waals surface area contributed by atoms with Gasteiger partial charge in [-0.1, -0.05) is 0 Å². The van der Waals surface area contributed by atoms with Gasteiger partial charge in [-0.2, -0.15) is 5.10 Å². The lowest BCUT2D eigenvalue weighted by Crippen LogP contribution is -2.32. The molecule has 3 saturated carbocycles. The van der Waals surface area contributed by atoms with Gasteiger partial charge in [-0.05, 0) is 62.0 Å². The number of nitrogens with zero attached hydrogens (tertiary/aromatic N) is 2. The van der Waals surface area contributed by atoms with Gasteiger partial charge in [0.1, 0.15) is 0 Å². The molecule has 3 fully saturated rings. The molecule has 1 N–H and O–H groups in total. The van der Waals surface area contributed by atoms with Crippen LogP contribution in [-0.2, 0) is 13.5 Å². The third kappa shape index (κ3) is 1.49. The molecule has 5 atom stereocenters. The van der Waals surface area contributed by atoms with E-state index < -0.39 is 0 Å². The molecular weight excluding hydrogens is 222 g/mol. The van der Waals surface area contributed by atoms with Gasteiger partial charge in [-0.25, -0.2) is 0 Å². The molecule has 3 heteroatoms. The zero-order valence-corrected chi connectivity index (χ0v) is 11.3. The molecule has 1 heterocycles. The molecule has 0 aliphatic heterocycles. The van der Waals surface area contributed by atoms with E-state index in [2.05, 4.69) is 29.7 Å². The van der Waals surface area contributed by atoms with Crippen molar-refractivity contribution in [1.82, 2.24) is 15.1 Å². The Morgan fingerprint density at radius 2 is 2.11 bits per heavy atom. The fourth-order valence-corrected chi connectivity index (χ4v) is 5.16. The number of aryl methyl sites for hydroxylation is 1. The molecule has 1 aromatic heterocycles. The third-order valence-electron chi connectivity index (χ3n) is 5.83. The van der Waals surface area contributed by atoms with E-state index in [1.165, 1.54) is 18.5 Å². The Hall–Kier alpha value is -0.830. The Morgan fingerprint density at radius 3 is 2.67 bits per heavy atom. The first-order valence-corrected chi connectivity index (χ1v) is 7.43. The number of aromatic nitrogens is 2. The highest BCUT2D eigenvalue weighted by atomic mass is 15.2. The first kappa shape index (κ1) is 11.0. The quantitative estimate of drug-likeness (QED) is 0.877. The van der Waals surface area contributed by atoms with Crippen LogP contribution in [0.4, 0.5) is 0 Å². The first-order valence-electron chi connectivity index (χ1n) is 7.43. The molecular formula is C15H23N3. The number of nitrogens with one attached hydrogen (secondary N) is 1. The van der Waals surface area contributed by atoms with Crippen molar-refractivity contribution in [2.75, 3.05) is 7.05 Å². The maximum absolute atomic E-state index is 4.53. The zero-order valence-electron chi connectivity index (χ0n) is 11.3. The predicted octanol–water partition coefficient (Wildman–Crippen LogP) is 1.84. The van der Waals surface area contributed by atoms with Crippen molar-refractivity contribution in [2.24, 2.45) is 36.6 Å². The average Bonchev–Trinajstić information content (AvgIpc) is 2.71. The standard InChI is InChI=1S/C15H23N3/c1-16-12(8-11-5-6-18(2)17-11)15-13-9-3-4-10(7-9)14(13)15/h5-6,9-10,12-16H,3-4,7-8H2,1-2H3. The van der Waals surface area contributed by atoms with Crippen LogP contribution in [0.25, 0.3) is 0 Å². The van der Waals surface area contributed by atoms with E-state index in [0.717, 1.165) is 36.0 Å². The lowest BCUT2D eigenvalue weighted by atomic mass is 9.95. The van der Waals surface area contributed by atoms with Crippen molar-refractivity contribution >= 4 is 0 Å². The van der Waals surface area contributed by atoms with E-state index in [1.54, 1.807) is 6.42 Å².